The summed E-state index contributed by atoms with van der Waals surface area (Å²) in [5.41, 5.74) is 7.42. The molecule has 0 radical (unpaired) electrons. The fourth-order valence-corrected chi connectivity index (χ4v) is 3.86. The summed E-state index contributed by atoms with van der Waals surface area (Å²) in [7, 11) is 0. The summed E-state index contributed by atoms with van der Waals surface area (Å²) in [6, 6.07) is 10.1. The van der Waals surface area contributed by atoms with Crippen LogP contribution in [0.2, 0.25) is 0 Å². The molecule has 1 aromatic rings. The van der Waals surface area contributed by atoms with E-state index in [1.54, 1.807) is 0 Å². The summed E-state index contributed by atoms with van der Waals surface area (Å²) >= 11 is 0. The third kappa shape index (κ3) is 3.15. The summed E-state index contributed by atoms with van der Waals surface area (Å²) in [5.74, 6) is 0.990. The van der Waals surface area contributed by atoms with Crippen LogP contribution in [0.25, 0.3) is 0 Å². The molecule has 0 aromatic heterocycles. The number of benzene rings is 1. The number of ether oxygens (including phenoxy) is 1. The maximum Gasteiger partial charge on any atom is 0.119 e. The van der Waals surface area contributed by atoms with Crippen LogP contribution in [0.4, 0.5) is 0 Å². The third-order valence-electron chi connectivity index (χ3n) is 4.77. The monoisotopic (exact) mass is 274 g/mol. The van der Waals surface area contributed by atoms with Crippen molar-refractivity contribution in [3.63, 3.8) is 0 Å². The summed E-state index contributed by atoms with van der Waals surface area (Å²) in [6.07, 6.45) is 6.34. The minimum absolute atomic E-state index is 0.416. The van der Waals surface area contributed by atoms with Crippen LogP contribution < -0.4 is 10.5 Å². The number of nitrogens with two attached hydrogens (primary N) is 1. The molecule has 20 heavy (non-hydrogen) atoms. The standard InChI is InChI=1S/C17H26N2O/c1-13-4-2-7-17(10-13)20-9-8-19-15-5-3-6-16(19)12-14(18)11-15/h2,4,7,10,14-16H,3,5-6,8-9,11-12,18H2,1H3. The van der Waals surface area contributed by atoms with Crippen LogP contribution in [-0.2, 0) is 0 Å². The Balaban J connectivity index is 1.53. The molecule has 3 heteroatoms. The van der Waals surface area contributed by atoms with Gasteiger partial charge in [-0.25, -0.2) is 0 Å². The predicted molar refractivity (Wildman–Crippen MR) is 82.0 cm³/mol. The van der Waals surface area contributed by atoms with Crippen molar-refractivity contribution < 1.29 is 4.74 Å². The van der Waals surface area contributed by atoms with Gasteiger partial charge in [0.15, 0.2) is 0 Å². The molecule has 2 bridgehead atoms. The Morgan fingerprint density at radius 1 is 1.25 bits per heavy atom. The molecule has 0 amide bonds. The number of nitrogens with zero attached hydrogens (tertiary/aromatic N) is 1. The van der Waals surface area contributed by atoms with Crippen LogP contribution >= 0.6 is 0 Å². The highest BCUT2D eigenvalue weighted by atomic mass is 16.5. The van der Waals surface area contributed by atoms with E-state index in [4.69, 9.17) is 10.5 Å². The molecule has 0 spiro atoms. The quantitative estimate of drug-likeness (QED) is 0.917. The Bertz CT molecular complexity index is 434. The van der Waals surface area contributed by atoms with Gasteiger partial charge in [-0.2, -0.15) is 0 Å². The van der Waals surface area contributed by atoms with Gasteiger partial charge in [0.05, 0.1) is 0 Å². The van der Waals surface area contributed by atoms with Crippen molar-refractivity contribution in [3.05, 3.63) is 29.8 Å². The lowest BCUT2D eigenvalue weighted by atomic mass is 9.82. The topological polar surface area (TPSA) is 38.5 Å². The highest BCUT2D eigenvalue weighted by Crippen LogP contribution is 2.33. The van der Waals surface area contributed by atoms with Crippen LogP contribution in [0.3, 0.4) is 0 Å². The van der Waals surface area contributed by atoms with E-state index in [9.17, 15) is 0 Å². The van der Waals surface area contributed by atoms with Crippen LogP contribution in [0, 0.1) is 6.92 Å². The second-order valence-electron chi connectivity index (χ2n) is 6.37. The van der Waals surface area contributed by atoms with Gasteiger partial charge in [-0.1, -0.05) is 18.6 Å². The number of hydrogen-bond acceptors (Lipinski definition) is 3. The molecule has 2 saturated heterocycles. The van der Waals surface area contributed by atoms with E-state index in [0.29, 0.717) is 18.1 Å². The molecule has 1 aromatic carbocycles. The second-order valence-corrected chi connectivity index (χ2v) is 6.37. The average Bonchev–Trinajstić information content (AvgIpc) is 2.39. The van der Waals surface area contributed by atoms with Crippen molar-refractivity contribution in [2.75, 3.05) is 13.2 Å². The van der Waals surface area contributed by atoms with Gasteiger partial charge in [0.1, 0.15) is 12.4 Å². The molecule has 2 fully saturated rings. The normalized spacial score (nSPS) is 30.2. The smallest absolute Gasteiger partial charge is 0.119 e. The SMILES string of the molecule is Cc1cccc(OCCN2C3CCCC2CC(N)C3)c1. The molecule has 2 unspecified atom stereocenters. The van der Waals surface area contributed by atoms with Gasteiger partial charge in [-0.15, -0.1) is 0 Å². The first kappa shape index (κ1) is 13.9. The number of aryl methyl sites for hydroxylation is 1. The molecule has 110 valence electrons. The summed E-state index contributed by atoms with van der Waals surface area (Å²) in [6.45, 7) is 3.92. The molecule has 2 N–H and O–H groups in total. The Labute approximate surface area is 122 Å². The maximum atomic E-state index is 6.17. The molecule has 2 aliphatic rings. The van der Waals surface area contributed by atoms with Gasteiger partial charge in [0.25, 0.3) is 0 Å². The van der Waals surface area contributed by atoms with Gasteiger partial charge in [-0.3, -0.25) is 4.90 Å². The summed E-state index contributed by atoms with van der Waals surface area (Å²) < 4.78 is 5.91. The van der Waals surface area contributed by atoms with E-state index in [2.05, 4.69) is 30.0 Å². The molecule has 2 aliphatic heterocycles. The van der Waals surface area contributed by atoms with Crippen molar-refractivity contribution in [3.8, 4) is 5.75 Å². The molecule has 3 nitrogen and oxygen atoms in total. The Kier molecular flexibility index (Phi) is 4.27. The highest BCUT2D eigenvalue weighted by Gasteiger charge is 2.36. The van der Waals surface area contributed by atoms with Crippen molar-refractivity contribution in [1.82, 2.24) is 4.90 Å². The van der Waals surface area contributed by atoms with Gasteiger partial charge in [-0.05, 0) is 50.3 Å². The fraction of sp³-hybridized carbons (Fsp3) is 0.647. The Morgan fingerprint density at radius 2 is 2.00 bits per heavy atom. The maximum absolute atomic E-state index is 6.17. The van der Waals surface area contributed by atoms with E-state index in [1.165, 1.54) is 37.7 Å². The van der Waals surface area contributed by atoms with E-state index >= 15 is 0 Å². The van der Waals surface area contributed by atoms with Gasteiger partial charge in [0, 0.05) is 24.7 Å². The average molecular weight is 274 g/mol. The van der Waals surface area contributed by atoms with Crippen molar-refractivity contribution in [2.45, 2.75) is 57.2 Å². The van der Waals surface area contributed by atoms with Crippen LogP contribution in [0.1, 0.15) is 37.7 Å². The zero-order chi connectivity index (χ0) is 13.9. The molecule has 0 aliphatic carbocycles. The van der Waals surface area contributed by atoms with Crippen molar-refractivity contribution in [2.24, 2.45) is 5.73 Å². The number of hydrogen-bond donors (Lipinski definition) is 1. The third-order valence-corrected chi connectivity index (χ3v) is 4.77. The van der Waals surface area contributed by atoms with Crippen LogP contribution in [0.5, 0.6) is 5.75 Å². The first-order valence-corrected chi connectivity index (χ1v) is 7.93. The molecule has 3 rings (SSSR count). The number of fused-ring (bicyclic) bond motifs is 2. The predicted octanol–water partition coefficient (Wildman–Crippen LogP) is 2.72. The van der Waals surface area contributed by atoms with E-state index in [0.717, 1.165) is 18.9 Å². The number of rotatable bonds is 4. The van der Waals surface area contributed by atoms with E-state index < -0.39 is 0 Å². The second kappa shape index (κ2) is 6.15. The minimum Gasteiger partial charge on any atom is -0.492 e. The largest absolute Gasteiger partial charge is 0.492 e. The Hall–Kier alpha value is -1.06. The van der Waals surface area contributed by atoms with Crippen LogP contribution in [0.15, 0.2) is 24.3 Å². The van der Waals surface area contributed by atoms with Gasteiger partial charge >= 0.3 is 0 Å². The Morgan fingerprint density at radius 3 is 2.70 bits per heavy atom. The fourth-order valence-electron chi connectivity index (χ4n) is 3.86. The zero-order valence-electron chi connectivity index (χ0n) is 12.4. The van der Waals surface area contributed by atoms with E-state index in [1.807, 2.05) is 6.07 Å². The molecular weight excluding hydrogens is 248 g/mol. The highest BCUT2D eigenvalue weighted by molar-refractivity contribution is 5.27. The van der Waals surface area contributed by atoms with Crippen molar-refractivity contribution >= 4 is 0 Å². The van der Waals surface area contributed by atoms with Crippen LogP contribution in [-0.4, -0.2) is 36.2 Å². The van der Waals surface area contributed by atoms with E-state index in [-0.39, 0.29) is 0 Å². The molecule has 2 atom stereocenters. The molecule has 2 heterocycles. The summed E-state index contributed by atoms with van der Waals surface area (Å²) in [5, 5.41) is 0. The lowest BCUT2D eigenvalue weighted by molar-refractivity contribution is 0.0215. The lowest BCUT2D eigenvalue weighted by Crippen LogP contribution is -2.56. The zero-order valence-corrected chi connectivity index (χ0v) is 12.4. The molecular formula is C17H26N2O. The molecule has 0 saturated carbocycles. The number of piperidine rings is 2. The lowest BCUT2D eigenvalue weighted by Gasteiger charge is -2.48. The first-order valence-electron chi connectivity index (χ1n) is 7.93. The summed E-state index contributed by atoms with van der Waals surface area (Å²) in [4.78, 5) is 2.66. The van der Waals surface area contributed by atoms with Gasteiger partial charge in [0.2, 0.25) is 0 Å². The van der Waals surface area contributed by atoms with Crippen molar-refractivity contribution in [1.29, 1.82) is 0 Å². The minimum atomic E-state index is 0.416. The first-order chi connectivity index (χ1) is 9.72. The van der Waals surface area contributed by atoms with Gasteiger partial charge < -0.3 is 10.5 Å².